The van der Waals surface area contributed by atoms with Gasteiger partial charge in [-0.2, -0.15) is 0 Å². The van der Waals surface area contributed by atoms with Crippen LogP contribution in [0.3, 0.4) is 0 Å². The molecule has 0 amide bonds. The Kier molecular flexibility index (Phi) is 7.06. The van der Waals surface area contributed by atoms with E-state index in [2.05, 4.69) is 4.18 Å². The molecule has 1 rings (SSSR count). The van der Waals surface area contributed by atoms with E-state index in [9.17, 15) is 32.0 Å². The normalized spacial score (nSPS) is 31.4. The summed E-state index contributed by atoms with van der Waals surface area (Å²) in [4.78, 5) is 0. The third-order valence-corrected chi connectivity index (χ3v) is 5.82. The molecule has 0 aromatic rings. The Morgan fingerprint density at radius 2 is 1.86 bits per heavy atom. The van der Waals surface area contributed by atoms with Crippen LogP contribution in [-0.2, 0) is 27.8 Å². The maximum absolute atomic E-state index is 11.8. The monoisotopic (exact) mass is 407 g/mol. The first-order valence-electron chi connectivity index (χ1n) is 6.34. The molecule has 132 valence electrons. The molecule has 0 aromatic heterocycles. The molecule has 1 fully saturated rings. The van der Waals surface area contributed by atoms with Crippen LogP contribution in [0.15, 0.2) is 0 Å². The number of aliphatic hydroxyl groups is 3. The molecule has 10 nitrogen and oxygen atoms in total. The molecular formula is C10H20AsO10S-. The summed E-state index contributed by atoms with van der Waals surface area (Å²) in [6.45, 7) is -1.29. The van der Waals surface area contributed by atoms with E-state index in [0.717, 1.165) is 0 Å². The molecule has 22 heavy (non-hydrogen) atoms. The molecule has 1 unspecified atom stereocenters. The van der Waals surface area contributed by atoms with Gasteiger partial charge in [-0.15, -0.1) is 0 Å². The Morgan fingerprint density at radius 3 is 2.36 bits per heavy atom. The number of ether oxygens (including phenoxy) is 2. The quantitative estimate of drug-likeness (QED) is 0.231. The maximum atomic E-state index is 11.8. The van der Waals surface area contributed by atoms with Gasteiger partial charge in [-0.3, -0.25) is 0 Å². The van der Waals surface area contributed by atoms with Crippen LogP contribution in [0.25, 0.3) is 0 Å². The Morgan fingerprint density at radius 1 is 1.27 bits per heavy atom. The fourth-order valence-corrected chi connectivity index (χ4v) is 4.63. The average Bonchev–Trinajstić information content (AvgIpc) is 2.59. The molecule has 1 aliphatic heterocycles. The predicted molar refractivity (Wildman–Crippen MR) is 71.3 cm³/mol. The van der Waals surface area contributed by atoms with Gasteiger partial charge in [0.05, 0.1) is 0 Å². The van der Waals surface area contributed by atoms with Crippen molar-refractivity contribution >= 4 is 23.9 Å². The first kappa shape index (κ1) is 20.1. The molecule has 5 atom stereocenters. The summed E-state index contributed by atoms with van der Waals surface area (Å²) in [5, 5.41) is 29.0. The molecule has 12 heteroatoms. The molecule has 0 aliphatic carbocycles. The van der Waals surface area contributed by atoms with Crippen LogP contribution < -0.4 is 0 Å². The summed E-state index contributed by atoms with van der Waals surface area (Å²) in [6, 6.07) is 0. The molecule has 0 saturated carbocycles. The standard InChI is InChI=1S/C10H21AsO10S/c1-11(2,15)3-7-8(13)9(14)10(21-7)19-4-6(12)5-20-22(16,17)18/h6-10,12-14H,3-5H2,1-2H3,(H,16,17,18)/p-1/t6?,7-,8-,9-,10-/m1/s1. The third-order valence-electron chi connectivity index (χ3n) is 2.80. The van der Waals surface area contributed by atoms with Crippen LogP contribution in [0.2, 0.25) is 16.6 Å². The van der Waals surface area contributed by atoms with Crippen LogP contribution in [0.5, 0.6) is 0 Å². The Balaban J connectivity index is 2.45. The zero-order valence-electron chi connectivity index (χ0n) is 12.1. The summed E-state index contributed by atoms with van der Waals surface area (Å²) in [7, 11) is -4.92. The first-order valence-corrected chi connectivity index (χ1v) is 13.5. The first-order chi connectivity index (χ1) is 9.89. The van der Waals surface area contributed by atoms with E-state index in [1.54, 1.807) is 11.4 Å². The van der Waals surface area contributed by atoms with Crippen molar-refractivity contribution in [1.29, 1.82) is 0 Å². The summed E-state index contributed by atoms with van der Waals surface area (Å²) >= 11 is -3.11. The molecule has 0 bridgehead atoms. The van der Waals surface area contributed by atoms with E-state index >= 15 is 0 Å². The van der Waals surface area contributed by atoms with Crippen molar-refractivity contribution in [2.75, 3.05) is 13.2 Å². The van der Waals surface area contributed by atoms with Gasteiger partial charge in [-0.05, 0) is 0 Å². The average molecular weight is 407 g/mol. The number of hydrogen-bond donors (Lipinski definition) is 3. The molecular weight excluding hydrogens is 387 g/mol. The van der Waals surface area contributed by atoms with Gasteiger partial charge < -0.3 is 0 Å². The van der Waals surface area contributed by atoms with E-state index in [0.29, 0.717) is 0 Å². The van der Waals surface area contributed by atoms with Gasteiger partial charge >= 0.3 is 130 Å². The van der Waals surface area contributed by atoms with Crippen molar-refractivity contribution in [3.8, 4) is 0 Å². The van der Waals surface area contributed by atoms with E-state index in [4.69, 9.17) is 9.47 Å². The molecule has 0 spiro atoms. The number of hydrogen-bond acceptors (Lipinski definition) is 10. The molecule has 1 heterocycles. The minimum absolute atomic E-state index is 0.108. The van der Waals surface area contributed by atoms with Crippen LogP contribution in [0.4, 0.5) is 0 Å². The SMILES string of the molecule is C[As](C)(=O)C[C@H]1O[C@@H](OCC(O)COS(=O)(=O)[O-])[C@H](O)[C@@H]1O. The van der Waals surface area contributed by atoms with Gasteiger partial charge in [0.25, 0.3) is 0 Å². The van der Waals surface area contributed by atoms with Gasteiger partial charge in [0.15, 0.2) is 0 Å². The summed E-state index contributed by atoms with van der Waals surface area (Å²) in [5.41, 5.74) is 3.14. The Hall–Kier alpha value is 0.0284. The number of rotatable bonds is 8. The second-order valence-electron chi connectivity index (χ2n) is 5.46. The van der Waals surface area contributed by atoms with Gasteiger partial charge in [-0.1, -0.05) is 0 Å². The van der Waals surface area contributed by atoms with Crippen molar-refractivity contribution in [2.45, 2.75) is 47.3 Å². The van der Waals surface area contributed by atoms with Crippen molar-refractivity contribution < 1.29 is 45.7 Å². The number of aliphatic hydroxyl groups excluding tert-OH is 3. The van der Waals surface area contributed by atoms with Gasteiger partial charge in [0.1, 0.15) is 0 Å². The summed E-state index contributed by atoms with van der Waals surface area (Å²) in [6.07, 6.45) is -6.24. The summed E-state index contributed by atoms with van der Waals surface area (Å²) in [5.74, 6) is 0. The van der Waals surface area contributed by atoms with E-state index < -0.39 is 67.8 Å². The van der Waals surface area contributed by atoms with Gasteiger partial charge in [0, 0.05) is 0 Å². The molecule has 0 radical (unpaired) electrons. The van der Waals surface area contributed by atoms with Crippen molar-refractivity contribution in [2.24, 2.45) is 0 Å². The van der Waals surface area contributed by atoms with E-state index in [-0.39, 0.29) is 5.21 Å². The second kappa shape index (κ2) is 7.73. The molecule has 1 saturated heterocycles. The van der Waals surface area contributed by atoms with Gasteiger partial charge in [-0.25, -0.2) is 0 Å². The Bertz CT molecular complexity index is 502. The van der Waals surface area contributed by atoms with E-state index in [1.807, 2.05) is 0 Å². The van der Waals surface area contributed by atoms with E-state index in [1.165, 1.54) is 0 Å². The van der Waals surface area contributed by atoms with Crippen LogP contribution in [0.1, 0.15) is 0 Å². The molecule has 0 aromatic carbocycles. The van der Waals surface area contributed by atoms with Crippen molar-refractivity contribution in [3.63, 3.8) is 0 Å². The van der Waals surface area contributed by atoms with Crippen molar-refractivity contribution in [1.82, 2.24) is 0 Å². The predicted octanol–water partition coefficient (Wildman–Crippen LogP) is -2.08. The summed E-state index contributed by atoms with van der Waals surface area (Å²) < 4.78 is 56.5. The van der Waals surface area contributed by atoms with Crippen LogP contribution >= 0.6 is 0 Å². The topological polar surface area (TPSA) is 163 Å². The minimum atomic E-state index is -4.92. The molecule has 1 aliphatic rings. The van der Waals surface area contributed by atoms with Crippen molar-refractivity contribution in [3.05, 3.63) is 0 Å². The third kappa shape index (κ3) is 7.07. The fourth-order valence-electron chi connectivity index (χ4n) is 1.85. The fraction of sp³-hybridized carbons (Fsp3) is 1.00. The Labute approximate surface area is 130 Å². The van der Waals surface area contributed by atoms with Crippen LogP contribution in [0, 0.1) is 0 Å². The molecule has 3 N–H and O–H groups in total. The second-order valence-corrected chi connectivity index (χ2v) is 13.9. The van der Waals surface area contributed by atoms with Crippen LogP contribution in [-0.4, -0.2) is 85.7 Å². The van der Waals surface area contributed by atoms with Gasteiger partial charge in [0.2, 0.25) is 0 Å². The zero-order chi connectivity index (χ0) is 17.1. The zero-order valence-corrected chi connectivity index (χ0v) is 14.8.